The number of ketones is 1. The number of Topliss-reactive ketones (excluding diaryl/α,β-unsaturated/α-hetero) is 1. The van der Waals surface area contributed by atoms with E-state index < -0.39 is 23.1 Å². The van der Waals surface area contributed by atoms with Crippen molar-refractivity contribution in [1.29, 1.82) is 0 Å². The van der Waals surface area contributed by atoms with Crippen LogP contribution < -0.4 is 0 Å². The van der Waals surface area contributed by atoms with Crippen molar-refractivity contribution in [2.75, 3.05) is 6.61 Å². The number of carbonyl (C=O) groups excluding carboxylic acids is 2. The standard InChI is InChI=1S/C13H16O5/c1-6-7-3-10(15)13(17)11(16)18-5-12(13,2)8(7)4-9(6)14/h8,10,15,17H,3-5H2,1-2H3/t8-,10+,12-,13+/m0/s1. The largest absolute Gasteiger partial charge is 0.463 e. The highest BCUT2D eigenvalue weighted by atomic mass is 16.6. The van der Waals surface area contributed by atoms with Gasteiger partial charge < -0.3 is 14.9 Å². The van der Waals surface area contributed by atoms with Gasteiger partial charge in [0.2, 0.25) is 0 Å². The number of hydrogen-bond acceptors (Lipinski definition) is 5. The number of aliphatic hydroxyl groups is 2. The van der Waals surface area contributed by atoms with Crippen LogP contribution in [0, 0.1) is 11.3 Å². The van der Waals surface area contributed by atoms with Gasteiger partial charge in [-0.05, 0) is 24.8 Å². The Bertz CT molecular complexity index is 494. The summed E-state index contributed by atoms with van der Waals surface area (Å²) in [5.74, 6) is -0.939. The summed E-state index contributed by atoms with van der Waals surface area (Å²) in [5.41, 5.74) is -1.25. The lowest BCUT2D eigenvalue weighted by Gasteiger charge is -2.47. The molecule has 0 bridgehead atoms. The summed E-state index contributed by atoms with van der Waals surface area (Å²) in [4.78, 5) is 23.6. The molecule has 98 valence electrons. The van der Waals surface area contributed by atoms with Gasteiger partial charge in [-0.15, -0.1) is 0 Å². The van der Waals surface area contributed by atoms with E-state index in [9.17, 15) is 19.8 Å². The fourth-order valence-electron chi connectivity index (χ4n) is 3.71. The molecular formula is C13H16O5. The number of rotatable bonds is 0. The number of aliphatic hydroxyl groups excluding tert-OH is 1. The summed E-state index contributed by atoms with van der Waals surface area (Å²) in [6.07, 6.45) is -0.739. The summed E-state index contributed by atoms with van der Waals surface area (Å²) in [6.45, 7) is 3.51. The summed E-state index contributed by atoms with van der Waals surface area (Å²) in [6, 6.07) is 0. The van der Waals surface area contributed by atoms with E-state index in [0.717, 1.165) is 5.57 Å². The molecule has 0 aromatic rings. The van der Waals surface area contributed by atoms with Gasteiger partial charge in [0.15, 0.2) is 11.4 Å². The molecule has 1 aliphatic heterocycles. The molecule has 2 fully saturated rings. The predicted molar refractivity (Wildman–Crippen MR) is 60.5 cm³/mol. The monoisotopic (exact) mass is 252 g/mol. The Hall–Kier alpha value is -1.20. The van der Waals surface area contributed by atoms with Gasteiger partial charge in [0, 0.05) is 6.42 Å². The van der Waals surface area contributed by atoms with E-state index in [-0.39, 0.29) is 24.7 Å². The van der Waals surface area contributed by atoms with Crippen molar-refractivity contribution in [1.82, 2.24) is 0 Å². The molecule has 5 heteroatoms. The summed E-state index contributed by atoms with van der Waals surface area (Å²) < 4.78 is 4.97. The van der Waals surface area contributed by atoms with E-state index in [2.05, 4.69) is 0 Å². The first kappa shape index (κ1) is 11.9. The molecule has 0 unspecified atom stereocenters. The third-order valence-corrected chi connectivity index (χ3v) is 5.06. The maximum atomic E-state index is 11.8. The Kier molecular flexibility index (Phi) is 2.12. The number of esters is 1. The van der Waals surface area contributed by atoms with Crippen LogP contribution in [0.25, 0.3) is 0 Å². The lowest BCUT2D eigenvalue weighted by molar-refractivity contribution is -0.182. The van der Waals surface area contributed by atoms with Crippen LogP contribution in [-0.2, 0) is 14.3 Å². The van der Waals surface area contributed by atoms with Crippen LogP contribution in [0.5, 0.6) is 0 Å². The molecule has 0 aromatic heterocycles. The van der Waals surface area contributed by atoms with E-state index in [1.165, 1.54) is 0 Å². The maximum absolute atomic E-state index is 11.8. The van der Waals surface area contributed by atoms with Crippen molar-refractivity contribution < 1.29 is 24.5 Å². The third kappa shape index (κ3) is 1.05. The first-order chi connectivity index (χ1) is 8.32. The Morgan fingerprint density at radius 3 is 2.67 bits per heavy atom. The SMILES string of the molecule is CC1=C2C[C@@H](O)[C@@]3(O)C(=O)OC[C@@]3(C)[C@H]2CC1=O. The maximum Gasteiger partial charge on any atom is 0.341 e. The fourth-order valence-corrected chi connectivity index (χ4v) is 3.71. The highest BCUT2D eigenvalue weighted by molar-refractivity contribution is 5.99. The Morgan fingerprint density at radius 2 is 2.00 bits per heavy atom. The Morgan fingerprint density at radius 1 is 1.33 bits per heavy atom. The minimum Gasteiger partial charge on any atom is -0.463 e. The molecule has 1 saturated carbocycles. The molecule has 2 aliphatic carbocycles. The molecule has 1 heterocycles. The molecule has 1 saturated heterocycles. The number of cyclic esters (lactones) is 1. The van der Waals surface area contributed by atoms with Gasteiger partial charge in [0.05, 0.1) is 11.5 Å². The Labute approximate surface area is 104 Å². The normalized spacial score (nSPS) is 47.1. The lowest BCUT2D eigenvalue weighted by atomic mass is 9.57. The predicted octanol–water partition coefficient (Wildman–Crippen LogP) is -0.0493. The van der Waals surface area contributed by atoms with Crippen molar-refractivity contribution >= 4 is 11.8 Å². The van der Waals surface area contributed by atoms with Gasteiger partial charge in [-0.1, -0.05) is 12.5 Å². The molecule has 18 heavy (non-hydrogen) atoms. The molecule has 4 atom stereocenters. The van der Waals surface area contributed by atoms with Crippen LogP contribution in [0.2, 0.25) is 0 Å². The molecule has 0 aromatic carbocycles. The third-order valence-electron chi connectivity index (χ3n) is 5.06. The van der Waals surface area contributed by atoms with E-state index >= 15 is 0 Å². The second kappa shape index (κ2) is 3.22. The molecule has 5 nitrogen and oxygen atoms in total. The summed E-state index contributed by atoms with van der Waals surface area (Å²) >= 11 is 0. The summed E-state index contributed by atoms with van der Waals surface area (Å²) in [7, 11) is 0. The number of ether oxygens (including phenoxy) is 1. The molecule has 0 radical (unpaired) electrons. The van der Waals surface area contributed by atoms with Crippen molar-refractivity contribution in [3.8, 4) is 0 Å². The van der Waals surface area contributed by atoms with Crippen molar-refractivity contribution in [3.63, 3.8) is 0 Å². The average molecular weight is 252 g/mol. The smallest absolute Gasteiger partial charge is 0.341 e. The number of fused-ring (bicyclic) bond motifs is 3. The molecule has 0 amide bonds. The molecule has 3 aliphatic rings. The van der Waals surface area contributed by atoms with E-state index in [4.69, 9.17) is 4.74 Å². The highest BCUT2D eigenvalue weighted by Gasteiger charge is 2.70. The van der Waals surface area contributed by atoms with E-state index in [0.29, 0.717) is 12.0 Å². The van der Waals surface area contributed by atoms with Gasteiger partial charge in [-0.3, -0.25) is 4.79 Å². The minimum absolute atomic E-state index is 0.0343. The first-order valence-electron chi connectivity index (χ1n) is 6.13. The van der Waals surface area contributed by atoms with Gasteiger partial charge in [-0.25, -0.2) is 4.79 Å². The lowest BCUT2D eigenvalue weighted by Crippen LogP contribution is -2.62. The van der Waals surface area contributed by atoms with Crippen molar-refractivity contribution in [2.45, 2.75) is 38.4 Å². The Balaban J connectivity index is 2.16. The van der Waals surface area contributed by atoms with Crippen LogP contribution in [-0.4, -0.2) is 40.3 Å². The molecule has 2 N–H and O–H groups in total. The topological polar surface area (TPSA) is 83.8 Å². The van der Waals surface area contributed by atoms with Crippen LogP contribution >= 0.6 is 0 Å². The number of carbonyl (C=O) groups is 2. The van der Waals surface area contributed by atoms with Gasteiger partial charge in [0.1, 0.15) is 6.61 Å². The van der Waals surface area contributed by atoms with E-state index in [1.54, 1.807) is 13.8 Å². The highest BCUT2D eigenvalue weighted by Crippen LogP contribution is 2.58. The number of hydrogen-bond donors (Lipinski definition) is 2. The van der Waals surface area contributed by atoms with E-state index in [1.807, 2.05) is 0 Å². The second-order valence-corrected chi connectivity index (χ2v) is 5.81. The van der Waals surface area contributed by atoms with Gasteiger partial charge in [0.25, 0.3) is 0 Å². The second-order valence-electron chi connectivity index (χ2n) is 5.81. The fraction of sp³-hybridized carbons (Fsp3) is 0.692. The average Bonchev–Trinajstić information content (AvgIpc) is 2.73. The van der Waals surface area contributed by atoms with Crippen LogP contribution in [0.3, 0.4) is 0 Å². The van der Waals surface area contributed by atoms with Crippen LogP contribution in [0.15, 0.2) is 11.1 Å². The first-order valence-corrected chi connectivity index (χ1v) is 6.13. The van der Waals surface area contributed by atoms with Gasteiger partial charge in [-0.2, -0.15) is 0 Å². The zero-order chi connectivity index (χ0) is 13.3. The van der Waals surface area contributed by atoms with Crippen molar-refractivity contribution in [3.05, 3.63) is 11.1 Å². The minimum atomic E-state index is -1.88. The zero-order valence-corrected chi connectivity index (χ0v) is 10.4. The quantitative estimate of drug-likeness (QED) is 0.591. The molecule has 0 spiro atoms. The summed E-state index contributed by atoms with van der Waals surface area (Å²) in [5, 5.41) is 20.7. The van der Waals surface area contributed by atoms with Crippen LogP contribution in [0.1, 0.15) is 26.7 Å². The number of allylic oxidation sites excluding steroid dienone is 1. The van der Waals surface area contributed by atoms with Crippen LogP contribution in [0.4, 0.5) is 0 Å². The van der Waals surface area contributed by atoms with Crippen molar-refractivity contribution in [2.24, 2.45) is 11.3 Å². The molecular weight excluding hydrogens is 236 g/mol. The zero-order valence-electron chi connectivity index (χ0n) is 10.4. The molecule has 3 rings (SSSR count). The van der Waals surface area contributed by atoms with Gasteiger partial charge >= 0.3 is 5.97 Å².